The van der Waals surface area contributed by atoms with Gasteiger partial charge in [0.05, 0.1) is 25.9 Å². The molecule has 0 aliphatic carbocycles. The first-order chi connectivity index (χ1) is 13.3. The van der Waals surface area contributed by atoms with E-state index < -0.39 is 0 Å². The van der Waals surface area contributed by atoms with E-state index in [2.05, 4.69) is 5.32 Å². The summed E-state index contributed by atoms with van der Waals surface area (Å²) in [4.78, 5) is 27.6. The lowest BCUT2D eigenvalue weighted by Gasteiger charge is -2.22. The number of anilines is 1. The molecule has 2 rings (SSSR count). The molecule has 0 unspecified atom stereocenters. The summed E-state index contributed by atoms with van der Waals surface area (Å²) in [6.07, 6.45) is 0. The zero-order valence-corrected chi connectivity index (χ0v) is 16.8. The van der Waals surface area contributed by atoms with E-state index in [0.29, 0.717) is 22.0 Å². The lowest BCUT2D eigenvalue weighted by atomic mass is 10.2. The van der Waals surface area contributed by atoms with Crippen molar-refractivity contribution < 1.29 is 18.7 Å². The minimum absolute atomic E-state index is 0.00501. The van der Waals surface area contributed by atoms with Crippen molar-refractivity contribution in [3.63, 3.8) is 0 Å². The molecule has 0 bridgehead atoms. The number of halogens is 2. The maximum absolute atomic E-state index is 13.7. The van der Waals surface area contributed by atoms with E-state index in [1.54, 1.807) is 55.4 Å². The zero-order chi connectivity index (χ0) is 20.7. The smallest absolute Gasteiger partial charge is 0.238 e. The Morgan fingerprint density at radius 1 is 1.14 bits per heavy atom. The van der Waals surface area contributed by atoms with Gasteiger partial charge >= 0.3 is 0 Å². The molecule has 2 aromatic carbocycles. The minimum Gasteiger partial charge on any atom is -0.495 e. The van der Waals surface area contributed by atoms with Crippen molar-refractivity contribution in [2.75, 3.05) is 39.6 Å². The Kier molecular flexibility index (Phi) is 7.78. The van der Waals surface area contributed by atoms with Gasteiger partial charge in [-0.25, -0.2) is 4.39 Å². The van der Waals surface area contributed by atoms with Crippen LogP contribution in [0.5, 0.6) is 5.75 Å². The number of rotatable bonds is 8. The van der Waals surface area contributed by atoms with Crippen LogP contribution in [0.1, 0.15) is 5.56 Å². The Labute approximate surface area is 168 Å². The third-order valence-electron chi connectivity index (χ3n) is 4.05. The first-order valence-electron chi connectivity index (χ1n) is 8.59. The molecule has 0 aromatic heterocycles. The van der Waals surface area contributed by atoms with Crippen LogP contribution in [0.4, 0.5) is 10.1 Å². The van der Waals surface area contributed by atoms with Crippen LogP contribution in [0.2, 0.25) is 5.02 Å². The Bertz CT molecular complexity index is 847. The van der Waals surface area contributed by atoms with Crippen molar-refractivity contribution in [1.82, 2.24) is 9.80 Å². The zero-order valence-electron chi connectivity index (χ0n) is 16.0. The number of hydrogen-bond donors (Lipinski definition) is 1. The number of ether oxygens (including phenoxy) is 1. The molecule has 0 aliphatic rings. The van der Waals surface area contributed by atoms with E-state index in [-0.39, 0.29) is 37.3 Å². The Hall–Kier alpha value is -2.64. The van der Waals surface area contributed by atoms with Gasteiger partial charge in [-0.2, -0.15) is 0 Å². The first-order valence-corrected chi connectivity index (χ1v) is 8.97. The molecule has 8 heteroatoms. The van der Waals surface area contributed by atoms with Crippen molar-refractivity contribution in [3.05, 3.63) is 58.9 Å². The predicted molar refractivity (Wildman–Crippen MR) is 107 cm³/mol. The van der Waals surface area contributed by atoms with Crippen LogP contribution < -0.4 is 10.1 Å². The predicted octanol–water partition coefficient (Wildman–Crippen LogP) is 3.02. The van der Waals surface area contributed by atoms with Gasteiger partial charge in [-0.05, 0) is 31.3 Å². The molecule has 0 fully saturated rings. The molecule has 0 saturated heterocycles. The fraction of sp³-hybridized carbons (Fsp3) is 0.300. The van der Waals surface area contributed by atoms with Crippen LogP contribution in [0.15, 0.2) is 42.5 Å². The van der Waals surface area contributed by atoms with E-state index in [9.17, 15) is 14.0 Å². The topological polar surface area (TPSA) is 61.9 Å². The SMILES string of the molecule is COc1ccc(Cl)cc1NC(=O)CN(C)CC(=O)N(C)Cc1ccccc1F. The Balaban J connectivity index is 1.88. The maximum Gasteiger partial charge on any atom is 0.238 e. The van der Waals surface area contributed by atoms with Crippen LogP contribution in [0.3, 0.4) is 0 Å². The molecule has 0 atom stereocenters. The maximum atomic E-state index is 13.7. The number of hydrogen-bond acceptors (Lipinski definition) is 4. The molecule has 6 nitrogen and oxygen atoms in total. The summed E-state index contributed by atoms with van der Waals surface area (Å²) in [6.45, 7) is 0.172. The summed E-state index contributed by atoms with van der Waals surface area (Å²) in [5.41, 5.74) is 0.892. The van der Waals surface area contributed by atoms with E-state index in [4.69, 9.17) is 16.3 Å². The number of carbonyl (C=O) groups is 2. The summed E-state index contributed by atoms with van der Waals surface area (Å²) in [5.74, 6) is -0.405. The molecule has 2 aromatic rings. The van der Waals surface area contributed by atoms with Crippen molar-refractivity contribution >= 4 is 29.1 Å². The highest BCUT2D eigenvalue weighted by Gasteiger charge is 2.16. The van der Waals surface area contributed by atoms with Crippen LogP contribution in [0, 0.1) is 5.82 Å². The number of benzene rings is 2. The number of likely N-dealkylation sites (N-methyl/N-ethyl adjacent to an activating group) is 2. The standard InChI is InChI=1S/C20H23ClFN3O3/c1-24(12-19(26)23-17-10-15(21)8-9-18(17)28-3)13-20(27)25(2)11-14-6-4-5-7-16(14)22/h4-10H,11-13H2,1-3H3,(H,23,26). The van der Waals surface area contributed by atoms with E-state index >= 15 is 0 Å². The Morgan fingerprint density at radius 2 is 1.86 bits per heavy atom. The molecular formula is C20H23ClFN3O3. The van der Waals surface area contributed by atoms with Crippen molar-refractivity contribution in [2.24, 2.45) is 0 Å². The van der Waals surface area contributed by atoms with E-state index in [1.165, 1.54) is 18.1 Å². The fourth-order valence-electron chi connectivity index (χ4n) is 2.59. The van der Waals surface area contributed by atoms with Crippen LogP contribution >= 0.6 is 11.6 Å². The van der Waals surface area contributed by atoms with Gasteiger partial charge in [0.25, 0.3) is 0 Å². The summed E-state index contributed by atoms with van der Waals surface area (Å²) < 4.78 is 18.9. The number of nitrogens with zero attached hydrogens (tertiary/aromatic N) is 2. The fourth-order valence-corrected chi connectivity index (χ4v) is 2.76. The molecule has 150 valence electrons. The third kappa shape index (κ3) is 6.21. The summed E-state index contributed by atoms with van der Waals surface area (Å²) in [5, 5.41) is 3.19. The molecule has 0 saturated carbocycles. The highest BCUT2D eigenvalue weighted by Crippen LogP contribution is 2.27. The van der Waals surface area contributed by atoms with Crippen LogP contribution in [0.25, 0.3) is 0 Å². The average Bonchev–Trinajstić information content (AvgIpc) is 2.63. The molecule has 0 heterocycles. The van der Waals surface area contributed by atoms with E-state index in [0.717, 1.165) is 0 Å². The molecule has 2 amide bonds. The summed E-state index contributed by atoms with van der Waals surface area (Å²) in [6, 6.07) is 11.2. The lowest BCUT2D eigenvalue weighted by Crippen LogP contribution is -2.39. The van der Waals surface area contributed by atoms with Crippen molar-refractivity contribution in [3.8, 4) is 5.75 Å². The normalized spacial score (nSPS) is 10.6. The first kappa shape index (κ1) is 21.7. The molecule has 0 spiro atoms. The molecular weight excluding hydrogens is 385 g/mol. The number of methoxy groups -OCH3 is 1. The van der Waals surface area contributed by atoms with Crippen molar-refractivity contribution in [1.29, 1.82) is 0 Å². The quantitative estimate of drug-likeness (QED) is 0.730. The monoisotopic (exact) mass is 407 g/mol. The highest BCUT2D eigenvalue weighted by atomic mass is 35.5. The number of amides is 2. The minimum atomic E-state index is -0.356. The van der Waals surface area contributed by atoms with Gasteiger partial charge in [0.2, 0.25) is 11.8 Å². The lowest BCUT2D eigenvalue weighted by molar-refractivity contribution is -0.131. The summed E-state index contributed by atoms with van der Waals surface area (Å²) in [7, 11) is 4.75. The van der Waals surface area contributed by atoms with Gasteiger partial charge in [-0.3, -0.25) is 14.5 Å². The van der Waals surface area contributed by atoms with Gasteiger partial charge < -0.3 is 15.0 Å². The van der Waals surface area contributed by atoms with Gasteiger partial charge in [0, 0.05) is 24.2 Å². The van der Waals surface area contributed by atoms with Gasteiger partial charge in [-0.1, -0.05) is 29.8 Å². The number of nitrogens with one attached hydrogen (secondary N) is 1. The molecule has 0 aliphatic heterocycles. The van der Waals surface area contributed by atoms with Crippen LogP contribution in [-0.4, -0.2) is 55.9 Å². The highest BCUT2D eigenvalue weighted by molar-refractivity contribution is 6.31. The second-order valence-corrected chi connectivity index (χ2v) is 6.84. The molecule has 0 radical (unpaired) electrons. The third-order valence-corrected chi connectivity index (χ3v) is 4.28. The van der Waals surface area contributed by atoms with Gasteiger partial charge in [-0.15, -0.1) is 0 Å². The second-order valence-electron chi connectivity index (χ2n) is 6.41. The molecule has 1 N–H and O–H groups in total. The van der Waals surface area contributed by atoms with Gasteiger partial charge in [0.1, 0.15) is 11.6 Å². The Morgan fingerprint density at radius 3 is 2.54 bits per heavy atom. The molecule has 28 heavy (non-hydrogen) atoms. The van der Waals surface area contributed by atoms with E-state index in [1.807, 2.05) is 0 Å². The van der Waals surface area contributed by atoms with Crippen molar-refractivity contribution in [2.45, 2.75) is 6.54 Å². The van der Waals surface area contributed by atoms with Gasteiger partial charge in [0.15, 0.2) is 0 Å². The number of carbonyl (C=O) groups excluding carboxylic acids is 2. The average molecular weight is 408 g/mol. The second kappa shape index (κ2) is 10.1. The largest absolute Gasteiger partial charge is 0.495 e. The summed E-state index contributed by atoms with van der Waals surface area (Å²) >= 11 is 5.95. The van der Waals surface area contributed by atoms with Crippen LogP contribution in [-0.2, 0) is 16.1 Å².